The molecule has 116 valence electrons. The molecule has 1 N–H and O–H groups in total. The van der Waals surface area contributed by atoms with Crippen LogP contribution in [-0.4, -0.2) is 16.5 Å². The first-order chi connectivity index (χ1) is 9.81. The lowest BCUT2D eigenvalue weighted by Gasteiger charge is -2.62. The molecular weight excluding hydrogens is 260 g/mol. The number of ketones is 1. The zero-order valence-corrected chi connectivity index (χ0v) is 13.5. The van der Waals surface area contributed by atoms with E-state index in [0.29, 0.717) is 23.5 Å². The minimum Gasteiger partial charge on any atom is -0.390 e. The minimum absolute atomic E-state index is 0.112. The molecule has 2 bridgehead atoms. The zero-order chi connectivity index (χ0) is 15.0. The average molecular weight is 288 g/mol. The van der Waals surface area contributed by atoms with Crippen molar-refractivity contribution >= 4 is 5.78 Å². The molecule has 0 radical (unpaired) electrons. The Hall–Kier alpha value is -0.630. The fourth-order valence-corrected chi connectivity index (χ4v) is 7.08. The van der Waals surface area contributed by atoms with Crippen molar-refractivity contribution in [2.45, 2.75) is 70.8 Å². The van der Waals surface area contributed by atoms with Crippen LogP contribution in [-0.2, 0) is 4.79 Å². The first kappa shape index (κ1) is 14.0. The van der Waals surface area contributed by atoms with Crippen LogP contribution in [0.1, 0.15) is 65.2 Å². The first-order valence-corrected chi connectivity index (χ1v) is 8.77. The smallest absolute Gasteiger partial charge is 0.165 e. The number of hydrogen-bond donors (Lipinski definition) is 1. The predicted molar refractivity (Wildman–Crippen MR) is 82.7 cm³/mol. The van der Waals surface area contributed by atoms with E-state index in [9.17, 15) is 9.90 Å². The second-order valence-corrected chi connectivity index (χ2v) is 8.85. The zero-order valence-electron chi connectivity index (χ0n) is 13.5. The highest BCUT2D eigenvalue weighted by atomic mass is 16.3. The summed E-state index contributed by atoms with van der Waals surface area (Å²) in [7, 11) is 0. The summed E-state index contributed by atoms with van der Waals surface area (Å²) in [6, 6.07) is 0. The van der Waals surface area contributed by atoms with E-state index < -0.39 is 5.60 Å². The van der Waals surface area contributed by atoms with Crippen molar-refractivity contribution in [1.82, 2.24) is 0 Å². The Morgan fingerprint density at radius 3 is 2.62 bits per heavy atom. The molecule has 2 heteroatoms. The van der Waals surface area contributed by atoms with Gasteiger partial charge in [-0.15, -0.1) is 0 Å². The third-order valence-electron chi connectivity index (χ3n) is 7.94. The molecule has 0 aromatic rings. The van der Waals surface area contributed by atoms with Crippen LogP contribution in [0.3, 0.4) is 0 Å². The maximum atomic E-state index is 13.0. The number of carbonyl (C=O) groups excluding carboxylic acids is 1. The van der Waals surface area contributed by atoms with Gasteiger partial charge in [-0.05, 0) is 80.6 Å². The van der Waals surface area contributed by atoms with Crippen LogP contribution < -0.4 is 0 Å². The summed E-state index contributed by atoms with van der Waals surface area (Å²) in [6.07, 6.45) is 8.58. The third-order valence-corrected chi connectivity index (χ3v) is 7.94. The first-order valence-electron chi connectivity index (χ1n) is 8.77. The van der Waals surface area contributed by atoms with Crippen molar-refractivity contribution < 1.29 is 9.90 Å². The molecule has 0 aliphatic heterocycles. The van der Waals surface area contributed by atoms with Gasteiger partial charge < -0.3 is 5.11 Å². The van der Waals surface area contributed by atoms with Gasteiger partial charge in [0.15, 0.2) is 5.78 Å². The summed E-state index contributed by atoms with van der Waals surface area (Å²) in [5.74, 6) is 1.68. The van der Waals surface area contributed by atoms with Gasteiger partial charge in [-0.2, -0.15) is 0 Å². The predicted octanol–water partition coefficient (Wildman–Crippen LogP) is 3.88. The number of carbonyl (C=O) groups is 1. The van der Waals surface area contributed by atoms with Gasteiger partial charge in [-0.1, -0.05) is 19.9 Å². The Morgan fingerprint density at radius 1 is 1.10 bits per heavy atom. The molecular formula is C19H28O2. The molecule has 4 rings (SSSR count). The van der Waals surface area contributed by atoms with Crippen molar-refractivity contribution in [1.29, 1.82) is 0 Å². The summed E-state index contributed by atoms with van der Waals surface area (Å²) < 4.78 is 0. The van der Waals surface area contributed by atoms with Crippen LogP contribution in [0, 0.1) is 28.6 Å². The Bertz CT molecular complexity index is 520. The maximum absolute atomic E-state index is 13.0. The van der Waals surface area contributed by atoms with Gasteiger partial charge in [0.05, 0.1) is 5.60 Å². The highest BCUT2D eigenvalue weighted by Gasteiger charge is 2.66. The van der Waals surface area contributed by atoms with Crippen LogP contribution in [0.4, 0.5) is 0 Å². The molecule has 0 heterocycles. The third kappa shape index (κ3) is 1.55. The second kappa shape index (κ2) is 4.01. The molecule has 1 spiro atoms. The standard InChI is InChI=1S/C19H28O2/c1-12-13-5-6-15-17(2)8-4-9-18(3,21)14(17)7-10-19(15,11-13)16(12)20/h13-15,21H,1,4-11H2,2-3H3/t13-,14+,15+,17-,18+,19-/m1/s1. The fourth-order valence-electron chi connectivity index (χ4n) is 7.08. The second-order valence-electron chi connectivity index (χ2n) is 8.85. The number of fused-ring (bicyclic) bond motifs is 3. The van der Waals surface area contributed by atoms with E-state index in [-0.39, 0.29) is 10.8 Å². The molecule has 21 heavy (non-hydrogen) atoms. The van der Waals surface area contributed by atoms with Crippen LogP contribution in [0.5, 0.6) is 0 Å². The SMILES string of the molecule is C=C1C(=O)[C@@]23CC[C@H]4[C@@](C)(CCC[C@]4(C)O)[C@@H]2CC[C@@H]1C3. The maximum Gasteiger partial charge on any atom is 0.165 e. The molecule has 0 unspecified atom stereocenters. The van der Waals surface area contributed by atoms with Gasteiger partial charge in [-0.3, -0.25) is 4.79 Å². The number of hydrogen-bond acceptors (Lipinski definition) is 2. The molecule has 4 aliphatic rings. The summed E-state index contributed by atoms with van der Waals surface area (Å²) in [6.45, 7) is 8.54. The van der Waals surface area contributed by atoms with Crippen LogP contribution in [0.25, 0.3) is 0 Å². The average Bonchev–Trinajstić information content (AvgIpc) is 2.59. The largest absolute Gasteiger partial charge is 0.390 e. The fraction of sp³-hybridized carbons (Fsp3) is 0.842. The molecule has 0 aromatic carbocycles. The molecule has 4 saturated carbocycles. The highest BCUT2D eigenvalue weighted by molar-refractivity contribution is 6.03. The monoisotopic (exact) mass is 288 g/mol. The lowest BCUT2D eigenvalue weighted by Crippen LogP contribution is -2.60. The number of rotatable bonds is 0. The minimum atomic E-state index is -0.538. The van der Waals surface area contributed by atoms with E-state index >= 15 is 0 Å². The summed E-state index contributed by atoms with van der Waals surface area (Å²) in [5, 5.41) is 10.9. The van der Waals surface area contributed by atoms with Gasteiger partial charge in [0.1, 0.15) is 0 Å². The van der Waals surface area contributed by atoms with Gasteiger partial charge in [0.2, 0.25) is 0 Å². The normalized spacial score (nSPS) is 56.0. The molecule has 0 saturated heterocycles. The van der Waals surface area contributed by atoms with Gasteiger partial charge in [0, 0.05) is 5.41 Å². The quantitative estimate of drug-likeness (QED) is 0.687. The Balaban J connectivity index is 1.79. The summed E-state index contributed by atoms with van der Waals surface area (Å²) in [5.41, 5.74) is 0.413. The number of aliphatic hydroxyl groups is 1. The van der Waals surface area contributed by atoms with Crippen molar-refractivity contribution in [2.24, 2.45) is 28.6 Å². The van der Waals surface area contributed by atoms with Crippen molar-refractivity contribution in [2.75, 3.05) is 0 Å². The molecule has 6 atom stereocenters. The van der Waals surface area contributed by atoms with Gasteiger partial charge in [-0.25, -0.2) is 0 Å². The summed E-state index contributed by atoms with van der Waals surface area (Å²) >= 11 is 0. The van der Waals surface area contributed by atoms with E-state index in [1.165, 1.54) is 12.8 Å². The van der Waals surface area contributed by atoms with E-state index in [1.54, 1.807) is 0 Å². The Kier molecular flexibility index (Phi) is 2.67. The Labute approximate surface area is 128 Å². The van der Waals surface area contributed by atoms with Crippen molar-refractivity contribution in [3.8, 4) is 0 Å². The Morgan fingerprint density at radius 2 is 1.86 bits per heavy atom. The van der Waals surface area contributed by atoms with E-state index in [0.717, 1.165) is 44.1 Å². The molecule has 2 nitrogen and oxygen atoms in total. The van der Waals surface area contributed by atoms with Crippen molar-refractivity contribution in [3.05, 3.63) is 12.2 Å². The molecule has 4 fully saturated rings. The van der Waals surface area contributed by atoms with Crippen LogP contribution in [0.15, 0.2) is 12.2 Å². The van der Waals surface area contributed by atoms with Crippen LogP contribution >= 0.6 is 0 Å². The van der Waals surface area contributed by atoms with Gasteiger partial charge in [0.25, 0.3) is 0 Å². The molecule has 0 amide bonds. The molecule has 4 aliphatic carbocycles. The van der Waals surface area contributed by atoms with E-state index in [4.69, 9.17) is 0 Å². The van der Waals surface area contributed by atoms with Gasteiger partial charge >= 0.3 is 0 Å². The topological polar surface area (TPSA) is 37.3 Å². The number of Topliss-reactive ketones (excluding diaryl/α,β-unsaturated/α-hetero) is 1. The highest BCUT2D eigenvalue weighted by Crippen LogP contribution is 2.69. The lowest BCUT2D eigenvalue weighted by atomic mass is 9.43. The summed E-state index contributed by atoms with van der Waals surface area (Å²) in [4.78, 5) is 13.0. The number of allylic oxidation sites excluding steroid dienone is 1. The van der Waals surface area contributed by atoms with E-state index in [1.807, 2.05) is 6.92 Å². The lowest BCUT2D eigenvalue weighted by molar-refractivity contribution is -0.183. The van der Waals surface area contributed by atoms with Crippen LogP contribution in [0.2, 0.25) is 0 Å². The molecule has 0 aromatic heterocycles. The van der Waals surface area contributed by atoms with E-state index in [2.05, 4.69) is 13.5 Å². The van der Waals surface area contributed by atoms with Crippen molar-refractivity contribution in [3.63, 3.8) is 0 Å².